The molecule has 4 rings (SSSR count). The van der Waals surface area contributed by atoms with E-state index in [1.54, 1.807) is 0 Å². The first-order chi connectivity index (χ1) is 20.0. The smallest absolute Gasteiger partial charge is 0.303 e. The lowest BCUT2D eigenvalue weighted by atomic mass is 9.88. The van der Waals surface area contributed by atoms with E-state index in [4.69, 9.17) is 28.1 Å². The molecule has 42 heavy (non-hydrogen) atoms. The van der Waals surface area contributed by atoms with Crippen molar-refractivity contribution in [2.75, 3.05) is 19.8 Å². The summed E-state index contributed by atoms with van der Waals surface area (Å²) < 4.78 is 38.2. The molecule has 0 amide bonds. The van der Waals surface area contributed by atoms with Crippen LogP contribution in [-0.4, -0.2) is 64.0 Å². The lowest BCUT2D eigenvalue weighted by Crippen LogP contribution is -2.45. The maximum absolute atomic E-state index is 12.3. The van der Waals surface area contributed by atoms with E-state index in [0.29, 0.717) is 32.7 Å². The molecule has 3 fully saturated rings. The van der Waals surface area contributed by atoms with Gasteiger partial charge in [-0.3, -0.25) is 4.79 Å². The Morgan fingerprint density at radius 1 is 1.00 bits per heavy atom. The van der Waals surface area contributed by atoms with E-state index in [0.717, 1.165) is 50.0 Å². The van der Waals surface area contributed by atoms with Crippen LogP contribution >= 0.6 is 0 Å². The van der Waals surface area contributed by atoms with Crippen molar-refractivity contribution in [3.63, 3.8) is 0 Å². The highest BCUT2D eigenvalue weighted by atomic mass is 28.4. The van der Waals surface area contributed by atoms with Gasteiger partial charge in [-0.1, -0.05) is 39.0 Å². The second-order valence-corrected chi connectivity index (χ2v) is 18.1. The molecule has 1 aromatic carbocycles. The second-order valence-electron chi connectivity index (χ2n) is 13.4. The number of carbonyl (C=O) groups is 1. The Labute approximate surface area is 253 Å². The molecule has 1 saturated carbocycles. The first kappa shape index (κ1) is 33.0. The zero-order valence-corrected chi connectivity index (χ0v) is 27.2. The van der Waals surface area contributed by atoms with E-state index in [9.17, 15) is 9.90 Å². The summed E-state index contributed by atoms with van der Waals surface area (Å²) in [4.78, 5) is 12.3. The Balaban J connectivity index is 1.64. The number of para-hydroxylation sites is 1. The number of aliphatic carboxylic acids is 1. The van der Waals surface area contributed by atoms with Crippen LogP contribution in [0.4, 0.5) is 0 Å². The number of rotatable bonds is 13. The topological polar surface area (TPSA) is 92.7 Å². The summed E-state index contributed by atoms with van der Waals surface area (Å²) in [6.45, 7) is 12.9. The largest absolute Gasteiger partial charge is 0.493 e. The monoisotopic (exact) mass is 604 g/mol. The van der Waals surface area contributed by atoms with Crippen LogP contribution in [-0.2, 0) is 28.2 Å². The van der Waals surface area contributed by atoms with E-state index >= 15 is 0 Å². The standard InChI is InChI=1S/C33H52O8Si/c1-33(2,3)42(4,5)41-27-23-28(40-31-18-10-12-20-38-31)32(25(27)22-29(34)35)26(39-30-17-9-11-19-37-30)16-13-21-36-24-14-7-6-8-15-24/h6-8,14-16,25,27-28,30-32H,9-13,17-23H2,1-5H3,(H,34,35)/t25?,27-,28+,30?,31?,32+/m0/s1. The van der Waals surface area contributed by atoms with Crippen LogP contribution in [0.1, 0.15) is 78.6 Å². The number of ether oxygens (including phenoxy) is 5. The van der Waals surface area contributed by atoms with E-state index < -0.39 is 14.3 Å². The highest BCUT2D eigenvalue weighted by Gasteiger charge is 2.52. The van der Waals surface area contributed by atoms with Gasteiger partial charge in [0.2, 0.25) is 0 Å². The predicted octanol–water partition coefficient (Wildman–Crippen LogP) is 7.30. The quantitative estimate of drug-likeness (QED) is 0.143. The van der Waals surface area contributed by atoms with Crippen molar-refractivity contribution in [1.82, 2.24) is 0 Å². The summed E-state index contributed by atoms with van der Waals surface area (Å²) >= 11 is 0. The Bertz CT molecular complexity index is 995. The molecular formula is C33H52O8Si. The highest BCUT2D eigenvalue weighted by Crippen LogP contribution is 2.48. The minimum absolute atomic E-state index is 0.0123. The Morgan fingerprint density at radius 3 is 2.26 bits per heavy atom. The first-order valence-corrected chi connectivity index (χ1v) is 18.8. The summed E-state index contributed by atoms with van der Waals surface area (Å²) in [5.41, 5.74) is 0. The fourth-order valence-electron chi connectivity index (χ4n) is 5.87. The molecule has 2 saturated heterocycles. The van der Waals surface area contributed by atoms with Crippen LogP contribution in [0.15, 0.2) is 42.2 Å². The van der Waals surface area contributed by atoms with Crippen molar-refractivity contribution in [1.29, 1.82) is 0 Å². The molecule has 6 atom stereocenters. The van der Waals surface area contributed by atoms with E-state index in [1.165, 1.54) is 0 Å². The maximum atomic E-state index is 12.3. The molecule has 9 heteroatoms. The minimum atomic E-state index is -2.20. The van der Waals surface area contributed by atoms with Gasteiger partial charge in [0.25, 0.3) is 0 Å². The molecule has 3 unspecified atom stereocenters. The van der Waals surface area contributed by atoms with Crippen molar-refractivity contribution in [2.45, 2.75) is 121 Å². The maximum Gasteiger partial charge on any atom is 0.303 e. The van der Waals surface area contributed by atoms with Crippen LogP contribution in [0.3, 0.4) is 0 Å². The first-order valence-electron chi connectivity index (χ1n) is 15.9. The number of carboxylic acid groups (broad SMARTS) is 1. The number of hydrogen-bond donors (Lipinski definition) is 1. The molecule has 236 valence electrons. The predicted molar refractivity (Wildman–Crippen MR) is 164 cm³/mol. The molecule has 0 bridgehead atoms. The average molecular weight is 605 g/mol. The molecule has 0 radical (unpaired) electrons. The highest BCUT2D eigenvalue weighted by molar-refractivity contribution is 6.74. The average Bonchev–Trinajstić information content (AvgIpc) is 3.26. The number of carboxylic acids is 1. The molecule has 3 aliphatic rings. The van der Waals surface area contributed by atoms with Gasteiger partial charge in [-0.05, 0) is 74.9 Å². The van der Waals surface area contributed by atoms with Gasteiger partial charge < -0.3 is 33.2 Å². The summed E-state index contributed by atoms with van der Waals surface area (Å²) in [6.07, 6.45) is 7.77. The minimum Gasteiger partial charge on any atom is -0.493 e. The van der Waals surface area contributed by atoms with Gasteiger partial charge in [0.15, 0.2) is 20.9 Å². The Kier molecular flexibility index (Phi) is 11.9. The van der Waals surface area contributed by atoms with E-state index in [2.05, 4.69) is 39.9 Å². The SMILES string of the molecule is CC(C)(C)[Si](C)(C)O[C@H]1C[C@@H](OC2CCCCO2)[C@@H](C(=CCCOc2ccccc2)OC2CCCCO2)C1CC(=O)O. The van der Waals surface area contributed by atoms with Crippen molar-refractivity contribution in [2.24, 2.45) is 11.8 Å². The molecule has 1 aromatic rings. The summed E-state index contributed by atoms with van der Waals surface area (Å²) in [6, 6.07) is 9.74. The zero-order chi connectivity index (χ0) is 30.2. The van der Waals surface area contributed by atoms with E-state index in [1.807, 2.05) is 30.3 Å². The fraction of sp³-hybridized carbons (Fsp3) is 0.727. The number of hydrogen-bond acceptors (Lipinski definition) is 7. The van der Waals surface area contributed by atoms with Crippen LogP contribution in [0, 0.1) is 11.8 Å². The Morgan fingerprint density at radius 2 is 1.67 bits per heavy atom. The summed E-state index contributed by atoms with van der Waals surface area (Å²) in [7, 11) is -2.20. The third-order valence-corrected chi connectivity index (χ3v) is 13.6. The third kappa shape index (κ3) is 9.29. The van der Waals surface area contributed by atoms with Gasteiger partial charge in [0, 0.05) is 31.3 Å². The lowest BCUT2D eigenvalue weighted by Gasteiger charge is -2.40. The molecule has 1 N–H and O–H groups in total. The summed E-state index contributed by atoms with van der Waals surface area (Å²) in [5.74, 6) is 0.0851. The molecule has 0 aromatic heterocycles. The lowest BCUT2D eigenvalue weighted by molar-refractivity contribution is -0.201. The van der Waals surface area contributed by atoms with Crippen molar-refractivity contribution >= 4 is 14.3 Å². The van der Waals surface area contributed by atoms with Gasteiger partial charge in [-0.2, -0.15) is 0 Å². The van der Waals surface area contributed by atoms with Crippen LogP contribution in [0.2, 0.25) is 18.1 Å². The zero-order valence-electron chi connectivity index (χ0n) is 26.2. The number of benzene rings is 1. The van der Waals surface area contributed by atoms with Gasteiger partial charge in [0.05, 0.1) is 31.8 Å². The molecule has 0 spiro atoms. The molecule has 2 aliphatic heterocycles. The van der Waals surface area contributed by atoms with Gasteiger partial charge in [-0.15, -0.1) is 0 Å². The van der Waals surface area contributed by atoms with E-state index in [-0.39, 0.29) is 48.1 Å². The van der Waals surface area contributed by atoms with Crippen molar-refractivity contribution in [3.8, 4) is 5.75 Å². The van der Waals surface area contributed by atoms with Crippen molar-refractivity contribution < 1.29 is 38.0 Å². The molecular weight excluding hydrogens is 552 g/mol. The van der Waals surface area contributed by atoms with Gasteiger partial charge >= 0.3 is 5.97 Å². The molecule has 1 aliphatic carbocycles. The van der Waals surface area contributed by atoms with Gasteiger partial charge in [-0.25, -0.2) is 0 Å². The third-order valence-electron chi connectivity index (χ3n) is 9.14. The van der Waals surface area contributed by atoms with Crippen LogP contribution < -0.4 is 4.74 Å². The second kappa shape index (κ2) is 15.2. The van der Waals surface area contributed by atoms with Crippen LogP contribution in [0.5, 0.6) is 5.75 Å². The fourth-order valence-corrected chi connectivity index (χ4v) is 7.25. The van der Waals surface area contributed by atoms with Crippen molar-refractivity contribution in [3.05, 3.63) is 42.2 Å². The molecule has 2 heterocycles. The van der Waals surface area contributed by atoms with Crippen LogP contribution in [0.25, 0.3) is 0 Å². The normalized spacial score (nSPS) is 29.3. The molecule has 8 nitrogen and oxygen atoms in total. The Hall–Kier alpha value is -1.91. The van der Waals surface area contributed by atoms with Gasteiger partial charge in [0.1, 0.15) is 11.5 Å². The summed E-state index contributed by atoms with van der Waals surface area (Å²) in [5, 5.41) is 10.1.